The molecule has 0 aromatic heterocycles. The fourth-order valence-electron chi connectivity index (χ4n) is 2.72. The van der Waals surface area contributed by atoms with Crippen LogP contribution < -0.4 is 0 Å². The third-order valence-electron chi connectivity index (χ3n) is 4.00. The number of hydrogen-bond donors (Lipinski definition) is 0. The molecule has 98 valence electrons. The molecule has 0 radical (unpaired) electrons. The molecule has 0 N–H and O–H groups in total. The van der Waals surface area contributed by atoms with Gasteiger partial charge in [0.1, 0.15) is 6.10 Å². The summed E-state index contributed by atoms with van der Waals surface area (Å²) in [6.45, 7) is 9.72. The van der Waals surface area contributed by atoms with Crippen molar-refractivity contribution in [1.82, 2.24) is 0 Å². The summed E-state index contributed by atoms with van der Waals surface area (Å²) in [4.78, 5) is 11.6. The van der Waals surface area contributed by atoms with Crippen molar-refractivity contribution in [1.29, 1.82) is 0 Å². The maximum Gasteiger partial charge on any atom is 0.333 e. The van der Waals surface area contributed by atoms with Crippen molar-refractivity contribution in [2.75, 3.05) is 0 Å². The van der Waals surface area contributed by atoms with Gasteiger partial charge < -0.3 is 4.74 Å². The van der Waals surface area contributed by atoms with Gasteiger partial charge in [-0.1, -0.05) is 39.7 Å². The largest absolute Gasteiger partial charge is 0.459 e. The molecule has 0 aromatic carbocycles. The normalized spacial score (nSPS) is 26.3. The summed E-state index contributed by atoms with van der Waals surface area (Å²) < 4.78 is 5.53. The topological polar surface area (TPSA) is 26.3 Å². The van der Waals surface area contributed by atoms with Crippen molar-refractivity contribution in [2.45, 2.75) is 65.4 Å². The van der Waals surface area contributed by atoms with Crippen molar-refractivity contribution in [2.24, 2.45) is 11.8 Å². The number of rotatable bonds is 5. The van der Waals surface area contributed by atoms with E-state index < -0.39 is 0 Å². The Morgan fingerprint density at radius 1 is 1.29 bits per heavy atom. The SMILES string of the molecule is C=C(C)C(=O)OC(CC)C1CCC(CC)CC1. The molecule has 17 heavy (non-hydrogen) atoms. The third kappa shape index (κ3) is 4.18. The van der Waals surface area contributed by atoms with Gasteiger partial charge in [-0.3, -0.25) is 0 Å². The molecule has 0 amide bonds. The van der Waals surface area contributed by atoms with Crippen LogP contribution in [0.2, 0.25) is 0 Å². The predicted octanol–water partition coefficient (Wildman–Crippen LogP) is 4.10. The van der Waals surface area contributed by atoms with E-state index >= 15 is 0 Å². The zero-order chi connectivity index (χ0) is 12.8. The van der Waals surface area contributed by atoms with Crippen LogP contribution in [0.3, 0.4) is 0 Å². The summed E-state index contributed by atoms with van der Waals surface area (Å²) in [7, 11) is 0. The average molecular weight is 238 g/mol. The molecule has 1 fully saturated rings. The van der Waals surface area contributed by atoms with Crippen LogP contribution in [0.1, 0.15) is 59.3 Å². The second-order valence-corrected chi connectivity index (χ2v) is 5.32. The van der Waals surface area contributed by atoms with Gasteiger partial charge in [0.15, 0.2) is 0 Å². The standard InChI is InChI=1S/C15H26O2/c1-5-12-7-9-13(10-8-12)14(6-2)17-15(16)11(3)4/h12-14H,3,5-10H2,1-2,4H3. The van der Waals surface area contributed by atoms with E-state index in [0.717, 1.165) is 12.3 Å². The zero-order valence-electron chi connectivity index (χ0n) is 11.5. The van der Waals surface area contributed by atoms with E-state index in [1.165, 1.54) is 32.1 Å². The van der Waals surface area contributed by atoms with Gasteiger partial charge in [0.2, 0.25) is 0 Å². The number of carbonyl (C=O) groups excluding carboxylic acids is 1. The second kappa shape index (κ2) is 6.83. The molecule has 1 rings (SSSR count). The Morgan fingerprint density at radius 3 is 2.29 bits per heavy atom. The molecule has 2 heteroatoms. The monoisotopic (exact) mass is 238 g/mol. The minimum Gasteiger partial charge on any atom is -0.459 e. The molecule has 1 aliphatic carbocycles. The Balaban J connectivity index is 2.46. The maximum absolute atomic E-state index is 11.6. The second-order valence-electron chi connectivity index (χ2n) is 5.32. The quantitative estimate of drug-likeness (QED) is 0.532. The fourth-order valence-corrected chi connectivity index (χ4v) is 2.72. The van der Waals surface area contributed by atoms with Gasteiger partial charge in [0.25, 0.3) is 0 Å². The van der Waals surface area contributed by atoms with E-state index in [-0.39, 0.29) is 12.1 Å². The zero-order valence-corrected chi connectivity index (χ0v) is 11.5. The summed E-state index contributed by atoms with van der Waals surface area (Å²) in [6.07, 6.45) is 7.30. The molecule has 0 aliphatic heterocycles. The molecule has 1 unspecified atom stereocenters. The highest BCUT2D eigenvalue weighted by Crippen LogP contribution is 2.34. The molecule has 1 atom stereocenters. The van der Waals surface area contributed by atoms with Crippen LogP contribution in [-0.4, -0.2) is 12.1 Å². The van der Waals surface area contributed by atoms with Gasteiger partial charge in [0.05, 0.1) is 0 Å². The average Bonchev–Trinajstić information content (AvgIpc) is 2.35. The van der Waals surface area contributed by atoms with Gasteiger partial charge >= 0.3 is 5.97 Å². The summed E-state index contributed by atoms with van der Waals surface area (Å²) in [5.41, 5.74) is 0.505. The number of hydrogen-bond acceptors (Lipinski definition) is 2. The minimum atomic E-state index is -0.227. The molecule has 1 saturated carbocycles. The lowest BCUT2D eigenvalue weighted by Crippen LogP contribution is -2.30. The van der Waals surface area contributed by atoms with Crippen LogP contribution in [0.15, 0.2) is 12.2 Å². The molecular formula is C15H26O2. The van der Waals surface area contributed by atoms with Crippen LogP contribution in [0.25, 0.3) is 0 Å². The highest BCUT2D eigenvalue weighted by Gasteiger charge is 2.28. The molecular weight excluding hydrogens is 212 g/mol. The van der Waals surface area contributed by atoms with E-state index in [9.17, 15) is 4.79 Å². The lowest BCUT2D eigenvalue weighted by Gasteiger charge is -2.32. The summed E-state index contributed by atoms with van der Waals surface area (Å²) in [6, 6.07) is 0. The van der Waals surface area contributed by atoms with Gasteiger partial charge in [-0.15, -0.1) is 0 Å². The van der Waals surface area contributed by atoms with E-state index in [4.69, 9.17) is 4.74 Å². The smallest absolute Gasteiger partial charge is 0.333 e. The molecule has 0 saturated heterocycles. The molecule has 0 aromatic rings. The fraction of sp³-hybridized carbons (Fsp3) is 0.800. The summed E-state index contributed by atoms with van der Waals surface area (Å²) in [5, 5.41) is 0. The Hall–Kier alpha value is -0.790. The lowest BCUT2D eigenvalue weighted by atomic mass is 9.78. The van der Waals surface area contributed by atoms with Crippen molar-refractivity contribution in [3.8, 4) is 0 Å². The lowest BCUT2D eigenvalue weighted by molar-refractivity contribution is -0.148. The van der Waals surface area contributed by atoms with Crippen LogP contribution in [-0.2, 0) is 9.53 Å². The number of ether oxygens (including phenoxy) is 1. The van der Waals surface area contributed by atoms with Crippen molar-refractivity contribution >= 4 is 5.97 Å². The third-order valence-corrected chi connectivity index (χ3v) is 4.00. The van der Waals surface area contributed by atoms with Crippen LogP contribution >= 0.6 is 0 Å². The Kier molecular flexibility index (Phi) is 5.73. The minimum absolute atomic E-state index is 0.0945. The van der Waals surface area contributed by atoms with Crippen LogP contribution in [0.4, 0.5) is 0 Å². The van der Waals surface area contributed by atoms with E-state index in [1.54, 1.807) is 6.92 Å². The van der Waals surface area contributed by atoms with Crippen LogP contribution in [0, 0.1) is 11.8 Å². The first-order chi connectivity index (χ1) is 8.08. The number of carbonyl (C=O) groups is 1. The van der Waals surface area contributed by atoms with E-state index in [0.29, 0.717) is 11.5 Å². The van der Waals surface area contributed by atoms with Crippen molar-refractivity contribution < 1.29 is 9.53 Å². The Bertz CT molecular complexity index is 262. The van der Waals surface area contributed by atoms with Gasteiger partial charge in [-0.2, -0.15) is 0 Å². The van der Waals surface area contributed by atoms with Gasteiger partial charge in [-0.05, 0) is 38.0 Å². The molecule has 1 aliphatic rings. The summed E-state index contributed by atoms with van der Waals surface area (Å²) in [5.74, 6) is 1.22. The Labute approximate surface area is 105 Å². The Morgan fingerprint density at radius 2 is 1.88 bits per heavy atom. The maximum atomic E-state index is 11.6. The number of esters is 1. The van der Waals surface area contributed by atoms with Crippen LogP contribution in [0.5, 0.6) is 0 Å². The molecule has 2 nitrogen and oxygen atoms in total. The van der Waals surface area contributed by atoms with E-state index in [2.05, 4.69) is 20.4 Å². The molecule has 0 bridgehead atoms. The van der Waals surface area contributed by atoms with E-state index in [1.807, 2.05) is 0 Å². The summed E-state index contributed by atoms with van der Waals surface area (Å²) >= 11 is 0. The first kappa shape index (κ1) is 14.3. The van der Waals surface area contributed by atoms with Crippen molar-refractivity contribution in [3.05, 3.63) is 12.2 Å². The van der Waals surface area contributed by atoms with Gasteiger partial charge in [0, 0.05) is 5.57 Å². The predicted molar refractivity (Wildman–Crippen MR) is 70.7 cm³/mol. The highest BCUT2D eigenvalue weighted by molar-refractivity contribution is 5.87. The molecule has 0 heterocycles. The van der Waals surface area contributed by atoms with Crippen molar-refractivity contribution in [3.63, 3.8) is 0 Å². The highest BCUT2D eigenvalue weighted by atomic mass is 16.5. The first-order valence-corrected chi connectivity index (χ1v) is 6.94. The molecule has 0 spiro atoms. The van der Waals surface area contributed by atoms with Gasteiger partial charge in [-0.25, -0.2) is 4.79 Å². The first-order valence-electron chi connectivity index (χ1n) is 6.94.